The SMILES string of the molecule is COC[C@@H](O)COc1ccc(S(=O)(=O)c2ccc(OC[C@H](O)CCl)c(Cl)c2)cc1Cl. The fourth-order valence-corrected chi connectivity index (χ4v) is 4.33. The molecule has 2 rings (SSSR count). The van der Waals surface area contributed by atoms with Gasteiger partial charge in [-0.1, -0.05) is 23.2 Å². The highest BCUT2D eigenvalue weighted by Crippen LogP contribution is 2.33. The van der Waals surface area contributed by atoms with E-state index in [9.17, 15) is 18.6 Å². The summed E-state index contributed by atoms with van der Waals surface area (Å²) in [4.78, 5) is -0.113. The third-order valence-electron chi connectivity index (χ3n) is 3.83. The summed E-state index contributed by atoms with van der Waals surface area (Å²) in [5, 5.41) is 19.2. The zero-order chi connectivity index (χ0) is 22.3. The van der Waals surface area contributed by atoms with E-state index in [0.717, 1.165) is 0 Å². The summed E-state index contributed by atoms with van der Waals surface area (Å²) in [6.45, 7) is -0.0456. The Bertz CT molecular complexity index is 953. The van der Waals surface area contributed by atoms with Gasteiger partial charge >= 0.3 is 0 Å². The standard InChI is InChI=1S/C19H21Cl3O7S/c1-27-9-13(24)11-29-19-5-3-15(7-17(19)22)30(25,26)14-2-4-18(16(21)6-14)28-10-12(23)8-20/h2-7,12-13,23-24H,8-11H2,1H3/t12-,13-/m1/s1. The predicted octanol–water partition coefficient (Wildman–Crippen LogP) is 3.19. The fourth-order valence-electron chi connectivity index (χ4n) is 2.32. The maximum atomic E-state index is 12.9. The third-order valence-corrected chi connectivity index (χ3v) is 6.52. The lowest BCUT2D eigenvalue weighted by Crippen LogP contribution is -2.22. The largest absolute Gasteiger partial charge is 0.489 e. The van der Waals surface area contributed by atoms with E-state index >= 15 is 0 Å². The zero-order valence-electron chi connectivity index (χ0n) is 15.9. The second-order valence-corrected chi connectivity index (χ2v) is 9.30. The number of halogens is 3. The van der Waals surface area contributed by atoms with Gasteiger partial charge in [0.05, 0.1) is 32.3 Å². The molecule has 0 aliphatic carbocycles. The maximum Gasteiger partial charge on any atom is 0.206 e. The van der Waals surface area contributed by atoms with Gasteiger partial charge in [-0.15, -0.1) is 11.6 Å². The molecular weight excluding hydrogens is 479 g/mol. The van der Waals surface area contributed by atoms with Crippen LogP contribution in [0.1, 0.15) is 0 Å². The van der Waals surface area contributed by atoms with Crippen molar-refractivity contribution in [3.8, 4) is 11.5 Å². The van der Waals surface area contributed by atoms with Crippen LogP contribution in [-0.2, 0) is 14.6 Å². The first-order chi connectivity index (χ1) is 14.2. The summed E-state index contributed by atoms with van der Waals surface area (Å²) in [7, 11) is -2.46. The van der Waals surface area contributed by atoms with Gasteiger partial charge in [0.15, 0.2) is 0 Å². The molecule has 30 heavy (non-hydrogen) atoms. The molecule has 0 unspecified atom stereocenters. The molecule has 166 valence electrons. The smallest absolute Gasteiger partial charge is 0.206 e. The Kier molecular flexibility index (Phi) is 9.49. The molecule has 0 saturated heterocycles. The van der Waals surface area contributed by atoms with Crippen LogP contribution in [0.5, 0.6) is 11.5 Å². The average molecular weight is 500 g/mol. The van der Waals surface area contributed by atoms with Gasteiger partial charge < -0.3 is 24.4 Å². The van der Waals surface area contributed by atoms with E-state index in [-0.39, 0.29) is 57.0 Å². The monoisotopic (exact) mass is 498 g/mol. The van der Waals surface area contributed by atoms with Crippen molar-refractivity contribution < 1.29 is 32.8 Å². The molecule has 0 spiro atoms. The van der Waals surface area contributed by atoms with E-state index in [2.05, 4.69) is 0 Å². The number of aliphatic hydroxyl groups is 2. The molecule has 0 fully saturated rings. The van der Waals surface area contributed by atoms with Crippen molar-refractivity contribution in [2.75, 3.05) is 32.8 Å². The zero-order valence-corrected chi connectivity index (χ0v) is 19.0. The lowest BCUT2D eigenvalue weighted by atomic mass is 10.3. The van der Waals surface area contributed by atoms with E-state index in [1.165, 1.54) is 43.5 Å². The molecule has 2 aromatic carbocycles. The van der Waals surface area contributed by atoms with Crippen LogP contribution in [0.2, 0.25) is 10.0 Å². The molecular formula is C19H21Cl3O7S. The van der Waals surface area contributed by atoms with Crippen LogP contribution in [0.25, 0.3) is 0 Å². The van der Waals surface area contributed by atoms with Gasteiger partial charge in [-0.3, -0.25) is 0 Å². The van der Waals surface area contributed by atoms with Gasteiger partial charge in [0.25, 0.3) is 0 Å². The second-order valence-electron chi connectivity index (χ2n) is 6.23. The number of benzene rings is 2. The van der Waals surface area contributed by atoms with Crippen molar-refractivity contribution in [3.63, 3.8) is 0 Å². The summed E-state index contributed by atoms with van der Waals surface area (Å²) in [5.41, 5.74) is 0. The van der Waals surface area contributed by atoms with Gasteiger partial charge in [0.1, 0.15) is 36.9 Å². The van der Waals surface area contributed by atoms with Crippen LogP contribution in [-0.4, -0.2) is 63.6 Å². The minimum atomic E-state index is -3.91. The fraction of sp³-hybridized carbons (Fsp3) is 0.368. The molecule has 7 nitrogen and oxygen atoms in total. The number of alkyl halides is 1. The Morgan fingerprint density at radius 3 is 1.73 bits per heavy atom. The van der Waals surface area contributed by atoms with Gasteiger partial charge in [-0.25, -0.2) is 8.42 Å². The molecule has 0 amide bonds. The topological polar surface area (TPSA) is 102 Å². The molecule has 11 heteroatoms. The van der Waals surface area contributed by atoms with Gasteiger partial charge in [0, 0.05) is 7.11 Å². The molecule has 0 saturated carbocycles. The first kappa shape index (κ1) is 25.0. The van der Waals surface area contributed by atoms with Crippen LogP contribution >= 0.6 is 34.8 Å². The summed E-state index contributed by atoms with van der Waals surface area (Å²) < 4.78 is 41.4. The molecule has 0 radical (unpaired) electrons. The van der Waals surface area contributed by atoms with Crippen molar-refractivity contribution in [2.45, 2.75) is 22.0 Å². The minimum Gasteiger partial charge on any atom is -0.489 e. The molecule has 0 aromatic heterocycles. The van der Waals surface area contributed by atoms with Crippen LogP contribution in [0.4, 0.5) is 0 Å². The molecule has 2 N–H and O–H groups in total. The van der Waals surface area contributed by atoms with Crippen LogP contribution < -0.4 is 9.47 Å². The van der Waals surface area contributed by atoms with Crippen LogP contribution in [0.3, 0.4) is 0 Å². The number of hydrogen-bond acceptors (Lipinski definition) is 7. The summed E-state index contributed by atoms with van der Waals surface area (Å²) in [6, 6.07) is 7.98. The maximum absolute atomic E-state index is 12.9. The highest BCUT2D eigenvalue weighted by Gasteiger charge is 2.21. The average Bonchev–Trinajstić information content (AvgIpc) is 2.71. The highest BCUT2D eigenvalue weighted by molar-refractivity contribution is 7.91. The minimum absolute atomic E-state index is 0.00407. The molecule has 0 aliphatic heterocycles. The second kappa shape index (κ2) is 11.4. The lowest BCUT2D eigenvalue weighted by Gasteiger charge is -2.14. The van der Waals surface area contributed by atoms with Crippen molar-refractivity contribution in [1.82, 2.24) is 0 Å². The quantitative estimate of drug-likeness (QED) is 0.458. The summed E-state index contributed by atoms with van der Waals surface area (Å²) in [6.07, 6.45) is -1.72. The summed E-state index contributed by atoms with van der Waals surface area (Å²) in [5.74, 6) is 0.442. The van der Waals surface area contributed by atoms with Crippen molar-refractivity contribution in [1.29, 1.82) is 0 Å². The first-order valence-electron chi connectivity index (χ1n) is 8.69. The van der Waals surface area contributed by atoms with E-state index in [0.29, 0.717) is 0 Å². The number of ether oxygens (including phenoxy) is 3. The van der Waals surface area contributed by atoms with Gasteiger partial charge in [0.2, 0.25) is 9.84 Å². The third kappa shape index (κ3) is 6.62. The van der Waals surface area contributed by atoms with Crippen molar-refractivity contribution >= 4 is 44.6 Å². The predicted molar refractivity (Wildman–Crippen MR) is 114 cm³/mol. The number of rotatable bonds is 11. The van der Waals surface area contributed by atoms with Crippen LogP contribution in [0.15, 0.2) is 46.2 Å². The van der Waals surface area contributed by atoms with E-state index in [1.54, 1.807) is 0 Å². The highest BCUT2D eigenvalue weighted by atomic mass is 35.5. The Morgan fingerprint density at radius 2 is 1.33 bits per heavy atom. The first-order valence-corrected chi connectivity index (χ1v) is 11.5. The van der Waals surface area contributed by atoms with Crippen molar-refractivity contribution in [2.24, 2.45) is 0 Å². The number of sulfone groups is 1. The Hall–Kier alpha value is -1.26. The summed E-state index contributed by atoms with van der Waals surface area (Å²) >= 11 is 17.8. The van der Waals surface area contributed by atoms with E-state index in [4.69, 9.17) is 49.0 Å². The molecule has 2 aromatic rings. The Morgan fingerprint density at radius 1 is 0.867 bits per heavy atom. The lowest BCUT2D eigenvalue weighted by molar-refractivity contribution is 0.0325. The molecule has 0 bridgehead atoms. The van der Waals surface area contributed by atoms with Crippen LogP contribution in [0, 0.1) is 0 Å². The molecule has 0 aliphatic rings. The van der Waals surface area contributed by atoms with Gasteiger partial charge in [-0.2, -0.15) is 0 Å². The number of hydrogen-bond donors (Lipinski definition) is 2. The van der Waals surface area contributed by atoms with E-state index in [1.807, 2.05) is 0 Å². The Balaban J connectivity index is 2.18. The Labute approximate surface area is 190 Å². The number of aliphatic hydroxyl groups excluding tert-OH is 2. The van der Waals surface area contributed by atoms with E-state index < -0.39 is 22.0 Å². The number of methoxy groups -OCH3 is 1. The normalized spacial score (nSPS) is 13.7. The van der Waals surface area contributed by atoms with Crippen molar-refractivity contribution in [3.05, 3.63) is 46.4 Å². The van der Waals surface area contributed by atoms with Gasteiger partial charge in [-0.05, 0) is 36.4 Å². The molecule has 0 heterocycles. The molecule has 2 atom stereocenters.